The first-order valence-corrected chi connectivity index (χ1v) is 6.91. The van der Waals surface area contributed by atoms with Gasteiger partial charge in [-0.1, -0.05) is 0 Å². The first-order chi connectivity index (χ1) is 9.08. The van der Waals surface area contributed by atoms with Crippen molar-refractivity contribution in [3.63, 3.8) is 0 Å². The second-order valence-electron chi connectivity index (χ2n) is 5.53. The van der Waals surface area contributed by atoms with E-state index in [1.807, 2.05) is 0 Å². The molecule has 6 nitrogen and oxygen atoms in total. The van der Waals surface area contributed by atoms with Crippen molar-refractivity contribution in [1.29, 1.82) is 0 Å². The number of rotatable bonds is 4. The Morgan fingerprint density at radius 1 is 1.05 bits per heavy atom. The molecule has 0 aromatic heterocycles. The molecule has 0 bridgehead atoms. The molecule has 0 atom stereocenters. The van der Waals surface area contributed by atoms with Crippen LogP contribution in [0.1, 0.15) is 38.5 Å². The minimum atomic E-state index is -0.719. The lowest BCUT2D eigenvalue weighted by atomic mass is 9.86. The number of amides is 2. The van der Waals surface area contributed by atoms with Crippen molar-refractivity contribution in [3.8, 4) is 0 Å². The standard InChI is InChI=1S/C13H22N2O4/c1-19-11-6-10(7-11)15-13(18)14-9-4-2-8(3-5-9)12(16)17/h8-11H,2-7H2,1H3,(H,16,17)(H2,14,15,18). The minimum Gasteiger partial charge on any atom is -0.481 e. The maximum absolute atomic E-state index is 11.7. The third-order valence-corrected chi connectivity index (χ3v) is 4.18. The van der Waals surface area contributed by atoms with E-state index < -0.39 is 5.97 Å². The Labute approximate surface area is 112 Å². The van der Waals surface area contributed by atoms with E-state index in [1.54, 1.807) is 7.11 Å². The van der Waals surface area contributed by atoms with Crippen LogP contribution in [0, 0.1) is 5.92 Å². The van der Waals surface area contributed by atoms with Crippen LogP contribution in [0.2, 0.25) is 0 Å². The highest BCUT2D eigenvalue weighted by molar-refractivity contribution is 5.75. The van der Waals surface area contributed by atoms with Crippen molar-refractivity contribution < 1.29 is 19.4 Å². The van der Waals surface area contributed by atoms with Crippen LogP contribution in [-0.2, 0) is 9.53 Å². The van der Waals surface area contributed by atoms with Crippen LogP contribution in [0.5, 0.6) is 0 Å². The number of aliphatic carboxylic acids is 1. The fraction of sp³-hybridized carbons (Fsp3) is 0.846. The topological polar surface area (TPSA) is 87.7 Å². The van der Waals surface area contributed by atoms with Gasteiger partial charge in [0.05, 0.1) is 12.0 Å². The number of carboxylic acid groups (broad SMARTS) is 1. The van der Waals surface area contributed by atoms with E-state index in [4.69, 9.17) is 9.84 Å². The number of carboxylic acids is 1. The van der Waals surface area contributed by atoms with E-state index in [0.717, 1.165) is 25.7 Å². The van der Waals surface area contributed by atoms with E-state index in [-0.39, 0.29) is 30.1 Å². The van der Waals surface area contributed by atoms with Gasteiger partial charge >= 0.3 is 12.0 Å². The lowest BCUT2D eigenvalue weighted by molar-refractivity contribution is -0.142. The molecule has 108 valence electrons. The molecule has 0 aliphatic heterocycles. The maximum Gasteiger partial charge on any atom is 0.315 e. The SMILES string of the molecule is COC1CC(NC(=O)NC2CCC(C(=O)O)CC2)C1. The van der Waals surface area contributed by atoms with Gasteiger partial charge in [-0.15, -0.1) is 0 Å². The van der Waals surface area contributed by atoms with Gasteiger partial charge in [0, 0.05) is 19.2 Å². The molecule has 3 N–H and O–H groups in total. The van der Waals surface area contributed by atoms with Crippen molar-refractivity contribution in [2.75, 3.05) is 7.11 Å². The largest absolute Gasteiger partial charge is 0.481 e. The molecule has 2 amide bonds. The number of urea groups is 1. The van der Waals surface area contributed by atoms with E-state index in [9.17, 15) is 9.59 Å². The van der Waals surface area contributed by atoms with Crippen molar-refractivity contribution in [2.45, 2.75) is 56.7 Å². The van der Waals surface area contributed by atoms with Gasteiger partial charge in [-0.2, -0.15) is 0 Å². The first kappa shape index (κ1) is 14.1. The monoisotopic (exact) mass is 270 g/mol. The average molecular weight is 270 g/mol. The average Bonchev–Trinajstić information content (AvgIpc) is 2.33. The van der Waals surface area contributed by atoms with Crippen LogP contribution in [-0.4, -0.2) is 42.4 Å². The van der Waals surface area contributed by atoms with Gasteiger partial charge in [-0.05, 0) is 38.5 Å². The molecule has 2 saturated carbocycles. The summed E-state index contributed by atoms with van der Waals surface area (Å²) in [6.45, 7) is 0. The third kappa shape index (κ3) is 3.83. The predicted molar refractivity (Wildman–Crippen MR) is 68.9 cm³/mol. The fourth-order valence-corrected chi connectivity index (χ4v) is 2.77. The normalized spacial score (nSPS) is 34.2. The summed E-state index contributed by atoms with van der Waals surface area (Å²) in [5, 5.41) is 14.7. The molecule has 0 unspecified atom stereocenters. The lowest BCUT2D eigenvalue weighted by Gasteiger charge is -2.35. The molecular formula is C13H22N2O4. The molecule has 0 aromatic carbocycles. The van der Waals surface area contributed by atoms with Gasteiger partial charge in [0.1, 0.15) is 0 Å². The van der Waals surface area contributed by atoms with Crippen molar-refractivity contribution in [3.05, 3.63) is 0 Å². The molecule has 19 heavy (non-hydrogen) atoms. The predicted octanol–water partition coefficient (Wildman–Crippen LogP) is 1.11. The minimum absolute atomic E-state index is 0.105. The Morgan fingerprint density at radius 2 is 1.63 bits per heavy atom. The highest BCUT2D eigenvalue weighted by atomic mass is 16.5. The van der Waals surface area contributed by atoms with E-state index in [0.29, 0.717) is 12.8 Å². The Bertz CT molecular complexity index is 334. The van der Waals surface area contributed by atoms with Crippen LogP contribution in [0.3, 0.4) is 0 Å². The molecular weight excluding hydrogens is 248 g/mol. The van der Waals surface area contributed by atoms with E-state index >= 15 is 0 Å². The van der Waals surface area contributed by atoms with E-state index in [1.165, 1.54) is 0 Å². The van der Waals surface area contributed by atoms with Gasteiger partial charge < -0.3 is 20.5 Å². The number of carbonyl (C=O) groups excluding carboxylic acids is 1. The molecule has 0 spiro atoms. The van der Waals surface area contributed by atoms with Gasteiger partial charge in [-0.3, -0.25) is 4.79 Å². The molecule has 2 aliphatic carbocycles. The summed E-state index contributed by atoms with van der Waals surface area (Å²) in [5.41, 5.74) is 0. The van der Waals surface area contributed by atoms with Crippen LogP contribution < -0.4 is 10.6 Å². The van der Waals surface area contributed by atoms with E-state index in [2.05, 4.69) is 10.6 Å². The number of methoxy groups -OCH3 is 1. The van der Waals surface area contributed by atoms with Crippen LogP contribution >= 0.6 is 0 Å². The summed E-state index contributed by atoms with van der Waals surface area (Å²) < 4.78 is 5.15. The van der Waals surface area contributed by atoms with Gasteiger partial charge in [-0.25, -0.2) is 4.79 Å². The molecule has 2 aliphatic rings. The Balaban J connectivity index is 1.63. The zero-order valence-corrected chi connectivity index (χ0v) is 11.2. The second kappa shape index (κ2) is 6.23. The Morgan fingerprint density at radius 3 is 2.16 bits per heavy atom. The summed E-state index contributed by atoms with van der Waals surface area (Å²) in [7, 11) is 1.68. The molecule has 2 fully saturated rings. The van der Waals surface area contributed by atoms with Crippen molar-refractivity contribution in [2.24, 2.45) is 5.92 Å². The molecule has 6 heteroatoms. The summed E-state index contributed by atoms with van der Waals surface area (Å²) in [4.78, 5) is 22.6. The van der Waals surface area contributed by atoms with Gasteiger partial charge in [0.25, 0.3) is 0 Å². The molecule has 0 saturated heterocycles. The van der Waals surface area contributed by atoms with Crippen molar-refractivity contribution in [1.82, 2.24) is 10.6 Å². The Hall–Kier alpha value is -1.30. The van der Waals surface area contributed by atoms with Crippen LogP contribution in [0.4, 0.5) is 4.79 Å². The van der Waals surface area contributed by atoms with Crippen LogP contribution in [0.25, 0.3) is 0 Å². The van der Waals surface area contributed by atoms with Crippen molar-refractivity contribution >= 4 is 12.0 Å². The lowest BCUT2D eigenvalue weighted by Crippen LogP contribution is -2.53. The molecule has 0 radical (unpaired) electrons. The highest BCUT2D eigenvalue weighted by Gasteiger charge is 2.31. The van der Waals surface area contributed by atoms with Gasteiger partial charge in [0.2, 0.25) is 0 Å². The van der Waals surface area contributed by atoms with Gasteiger partial charge in [0.15, 0.2) is 0 Å². The van der Waals surface area contributed by atoms with Crippen LogP contribution in [0.15, 0.2) is 0 Å². The smallest absolute Gasteiger partial charge is 0.315 e. The number of nitrogens with one attached hydrogen (secondary N) is 2. The zero-order valence-electron chi connectivity index (χ0n) is 11.2. The fourth-order valence-electron chi connectivity index (χ4n) is 2.77. The number of hydrogen-bond donors (Lipinski definition) is 3. The quantitative estimate of drug-likeness (QED) is 0.714. The number of hydrogen-bond acceptors (Lipinski definition) is 3. The highest BCUT2D eigenvalue weighted by Crippen LogP contribution is 2.25. The second-order valence-corrected chi connectivity index (χ2v) is 5.53. The summed E-state index contributed by atoms with van der Waals surface area (Å²) in [6, 6.07) is 0.174. The molecule has 0 heterocycles. The summed E-state index contributed by atoms with van der Waals surface area (Å²) in [5.74, 6) is -0.960. The summed E-state index contributed by atoms with van der Waals surface area (Å²) >= 11 is 0. The molecule has 2 rings (SSSR count). The first-order valence-electron chi connectivity index (χ1n) is 6.91. The number of ether oxygens (including phenoxy) is 1. The summed E-state index contributed by atoms with van der Waals surface area (Å²) in [6.07, 6.45) is 4.80. The molecule has 0 aromatic rings. The maximum atomic E-state index is 11.7. The zero-order chi connectivity index (χ0) is 13.8. The Kier molecular flexibility index (Phi) is 4.63. The number of carbonyl (C=O) groups is 2. The third-order valence-electron chi connectivity index (χ3n) is 4.18.